The third kappa shape index (κ3) is 2.25. The van der Waals surface area contributed by atoms with Crippen molar-refractivity contribution in [1.29, 1.82) is 0 Å². The minimum atomic E-state index is -1.22. The summed E-state index contributed by atoms with van der Waals surface area (Å²) in [7, 11) is 0. The maximum Gasteiger partial charge on any atom is 0.196 e. The van der Waals surface area contributed by atoms with Crippen molar-refractivity contribution >= 4 is 5.78 Å². The number of rotatable bonds is 2. The van der Waals surface area contributed by atoms with E-state index in [9.17, 15) is 22.4 Å². The molecule has 0 atom stereocenters. The summed E-state index contributed by atoms with van der Waals surface area (Å²) in [6.07, 6.45) is 0. The van der Waals surface area contributed by atoms with Crippen LogP contribution in [0, 0.1) is 23.3 Å². The van der Waals surface area contributed by atoms with E-state index in [2.05, 4.69) is 0 Å². The molecule has 0 aliphatic heterocycles. The highest BCUT2D eigenvalue weighted by Crippen LogP contribution is 2.17. The first-order valence-corrected chi connectivity index (χ1v) is 4.94. The fraction of sp³-hybridized carbons (Fsp3) is 0. The average Bonchev–Trinajstić information content (AvgIpc) is 2.35. The molecular formula is C13H6F4O. The van der Waals surface area contributed by atoms with Crippen LogP contribution in [0.3, 0.4) is 0 Å². The van der Waals surface area contributed by atoms with Gasteiger partial charge >= 0.3 is 0 Å². The molecule has 2 rings (SSSR count). The number of carbonyl (C=O) groups is 1. The normalized spacial score (nSPS) is 10.4. The van der Waals surface area contributed by atoms with Crippen LogP contribution >= 0.6 is 0 Å². The largest absolute Gasteiger partial charge is 0.288 e. The number of benzene rings is 2. The minimum Gasteiger partial charge on any atom is -0.288 e. The molecule has 0 saturated heterocycles. The van der Waals surface area contributed by atoms with E-state index in [1.807, 2.05) is 0 Å². The van der Waals surface area contributed by atoms with Crippen LogP contribution in [0.1, 0.15) is 15.9 Å². The lowest BCUT2D eigenvalue weighted by Crippen LogP contribution is -2.06. The van der Waals surface area contributed by atoms with Crippen LogP contribution in [0.25, 0.3) is 0 Å². The van der Waals surface area contributed by atoms with Crippen LogP contribution in [0.2, 0.25) is 0 Å². The van der Waals surface area contributed by atoms with Gasteiger partial charge in [-0.3, -0.25) is 4.79 Å². The summed E-state index contributed by atoms with van der Waals surface area (Å²) in [5, 5.41) is 0. The molecule has 0 radical (unpaired) electrons. The van der Waals surface area contributed by atoms with Gasteiger partial charge < -0.3 is 0 Å². The van der Waals surface area contributed by atoms with Gasteiger partial charge in [0.1, 0.15) is 11.6 Å². The van der Waals surface area contributed by atoms with E-state index < -0.39 is 34.6 Å². The smallest absolute Gasteiger partial charge is 0.196 e. The van der Waals surface area contributed by atoms with Gasteiger partial charge in [0, 0.05) is 5.56 Å². The van der Waals surface area contributed by atoms with Gasteiger partial charge in [0.2, 0.25) is 0 Å². The lowest BCUT2D eigenvalue weighted by atomic mass is 10.0. The zero-order valence-corrected chi connectivity index (χ0v) is 8.88. The Hall–Kier alpha value is -2.17. The highest BCUT2D eigenvalue weighted by atomic mass is 19.2. The lowest BCUT2D eigenvalue weighted by Gasteiger charge is -2.03. The maximum atomic E-state index is 13.3. The number of carbonyl (C=O) groups excluding carboxylic acids is 1. The van der Waals surface area contributed by atoms with Crippen LogP contribution in [-0.2, 0) is 0 Å². The molecule has 0 amide bonds. The van der Waals surface area contributed by atoms with Crippen molar-refractivity contribution < 1.29 is 22.4 Å². The predicted molar refractivity (Wildman–Crippen MR) is 56.1 cm³/mol. The molecule has 92 valence electrons. The summed E-state index contributed by atoms with van der Waals surface area (Å²) in [5.74, 6) is -4.97. The second kappa shape index (κ2) is 4.60. The van der Waals surface area contributed by atoms with Gasteiger partial charge in [-0.05, 0) is 36.4 Å². The Bertz CT molecular complexity index is 622. The molecular weight excluding hydrogens is 248 g/mol. The summed E-state index contributed by atoms with van der Waals surface area (Å²) in [6, 6.07) is 4.76. The van der Waals surface area contributed by atoms with Crippen molar-refractivity contribution in [3.05, 3.63) is 70.8 Å². The Labute approximate surface area is 99.7 Å². The van der Waals surface area contributed by atoms with E-state index in [1.54, 1.807) is 0 Å². The highest BCUT2D eigenvalue weighted by molar-refractivity contribution is 6.09. The lowest BCUT2D eigenvalue weighted by molar-refractivity contribution is 0.103. The van der Waals surface area contributed by atoms with E-state index in [0.29, 0.717) is 12.1 Å². The van der Waals surface area contributed by atoms with E-state index in [4.69, 9.17) is 0 Å². The summed E-state index contributed by atoms with van der Waals surface area (Å²) < 4.78 is 51.9. The Morgan fingerprint density at radius 3 is 2.11 bits per heavy atom. The van der Waals surface area contributed by atoms with Gasteiger partial charge in [0.25, 0.3) is 0 Å². The van der Waals surface area contributed by atoms with Crippen LogP contribution in [-0.4, -0.2) is 5.78 Å². The van der Waals surface area contributed by atoms with Gasteiger partial charge in [-0.25, -0.2) is 17.6 Å². The Morgan fingerprint density at radius 1 is 0.778 bits per heavy atom. The van der Waals surface area contributed by atoms with Crippen molar-refractivity contribution in [3.8, 4) is 0 Å². The molecule has 0 N–H and O–H groups in total. The molecule has 2 aromatic carbocycles. The van der Waals surface area contributed by atoms with Gasteiger partial charge in [-0.15, -0.1) is 0 Å². The molecule has 0 fully saturated rings. The fourth-order valence-electron chi connectivity index (χ4n) is 1.46. The first-order valence-electron chi connectivity index (χ1n) is 4.94. The molecule has 0 aromatic heterocycles. The predicted octanol–water partition coefficient (Wildman–Crippen LogP) is 3.47. The first kappa shape index (κ1) is 12.3. The van der Waals surface area contributed by atoms with Crippen molar-refractivity contribution in [1.82, 2.24) is 0 Å². The Morgan fingerprint density at radius 2 is 1.44 bits per heavy atom. The maximum absolute atomic E-state index is 13.3. The summed E-state index contributed by atoms with van der Waals surface area (Å²) in [5.41, 5.74) is -0.778. The third-order valence-corrected chi connectivity index (χ3v) is 2.35. The van der Waals surface area contributed by atoms with Crippen molar-refractivity contribution in [2.24, 2.45) is 0 Å². The van der Waals surface area contributed by atoms with Crippen molar-refractivity contribution in [2.45, 2.75) is 0 Å². The molecule has 0 unspecified atom stereocenters. The Kier molecular flexibility index (Phi) is 3.14. The van der Waals surface area contributed by atoms with Crippen molar-refractivity contribution in [3.63, 3.8) is 0 Å². The molecule has 18 heavy (non-hydrogen) atoms. The van der Waals surface area contributed by atoms with Gasteiger partial charge in [-0.2, -0.15) is 0 Å². The number of ketones is 1. The standard InChI is InChI=1S/C13H6F4O/c14-8-2-4-10(15)9(6-8)13(18)7-1-3-11(16)12(17)5-7/h1-6H. The summed E-state index contributed by atoms with van der Waals surface area (Å²) >= 11 is 0. The molecule has 0 bridgehead atoms. The zero-order chi connectivity index (χ0) is 13.3. The monoisotopic (exact) mass is 254 g/mol. The van der Waals surface area contributed by atoms with Crippen LogP contribution in [0.4, 0.5) is 17.6 Å². The van der Waals surface area contributed by atoms with E-state index in [0.717, 1.165) is 24.3 Å². The SMILES string of the molecule is O=C(c1ccc(F)c(F)c1)c1cc(F)ccc1F. The molecule has 0 heterocycles. The highest BCUT2D eigenvalue weighted by Gasteiger charge is 2.16. The quantitative estimate of drug-likeness (QED) is 0.592. The molecule has 0 aliphatic carbocycles. The third-order valence-electron chi connectivity index (χ3n) is 2.35. The molecule has 1 nitrogen and oxygen atoms in total. The Balaban J connectivity index is 2.47. The van der Waals surface area contributed by atoms with Gasteiger partial charge in [-0.1, -0.05) is 0 Å². The van der Waals surface area contributed by atoms with Gasteiger partial charge in [0.05, 0.1) is 5.56 Å². The molecule has 0 spiro atoms. The number of hydrogen-bond donors (Lipinski definition) is 0. The van der Waals surface area contributed by atoms with E-state index >= 15 is 0 Å². The second-order valence-electron chi connectivity index (χ2n) is 3.58. The molecule has 2 aromatic rings. The first-order chi connectivity index (χ1) is 8.49. The summed E-state index contributed by atoms with van der Waals surface area (Å²) in [6.45, 7) is 0. The molecule has 5 heteroatoms. The van der Waals surface area contributed by atoms with Crippen molar-refractivity contribution in [2.75, 3.05) is 0 Å². The topological polar surface area (TPSA) is 17.1 Å². The van der Waals surface area contributed by atoms with Crippen LogP contribution in [0.5, 0.6) is 0 Å². The van der Waals surface area contributed by atoms with Crippen LogP contribution in [0.15, 0.2) is 36.4 Å². The zero-order valence-electron chi connectivity index (χ0n) is 8.88. The molecule has 0 saturated carbocycles. The summed E-state index contributed by atoms with van der Waals surface area (Å²) in [4.78, 5) is 11.8. The van der Waals surface area contributed by atoms with E-state index in [1.165, 1.54) is 0 Å². The fourth-order valence-corrected chi connectivity index (χ4v) is 1.46. The van der Waals surface area contributed by atoms with E-state index in [-0.39, 0.29) is 5.56 Å². The minimum absolute atomic E-state index is 0.251. The number of hydrogen-bond acceptors (Lipinski definition) is 1. The second-order valence-corrected chi connectivity index (χ2v) is 3.58. The number of halogens is 4. The molecule has 0 aliphatic rings. The van der Waals surface area contributed by atoms with Crippen LogP contribution < -0.4 is 0 Å². The van der Waals surface area contributed by atoms with Gasteiger partial charge in [0.15, 0.2) is 17.4 Å². The average molecular weight is 254 g/mol.